The molecule has 2 rings (SSSR count). The van der Waals surface area contributed by atoms with Crippen molar-refractivity contribution < 1.29 is 18.3 Å². The van der Waals surface area contributed by atoms with E-state index in [4.69, 9.17) is 32.4 Å². The molecule has 0 bridgehead atoms. The van der Waals surface area contributed by atoms with Crippen molar-refractivity contribution in [1.29, 1.82) is 0 Å². The summed E-state index contributed by atoms with van der Waals surface area (Å²) in [5.41, 5.74) is -0.876. The van der Waals surface area contributed by atoms with Gasteiger partial charge in [-0.15, -0.1) is 0 Å². The van der Waals surface area contributed by atoms with E-state index in [1.165, 1.54) is 12.1 Å². The van der Waals surface area contributed by atoms with Crippen molar-refractivity contribution >= 4 is 29.2 Å². The molecular weight excluding hydrogens is 322 g/mol. The van der Waals surface area contributed by atoms with Crippen molar-refractivity contribution in [2.24, 2.45) is 0 Å². The van der Waals surface area contributed by atoms with Crippen molar-refractivity contribution in [3.8, 4) is 11.3 Å². The zero-order chi connectivity index (χ0) is 15.6. The van der Waals surface area contributed by atoms with Crippen molar-refractivity contribution in [3.05, 3.63) is 56.1 Å². The van der Waals surface area contributed by atoms with Gasteiger partial charge >= 0.3 is 5.97 Å². The summed E-state index contributed by atoms with van der Waals surface area (Å²) in [5.74, 6) is -1.48. The largest absolute Gasteiger partial charge is 0.462 e. The van der Waals surface area contributed by atoms with Gasteiger partial charge in [-0.25, -0.2) is 9.18 Å². The van der Waals surface area contributed by atoms with Crippen LogP contribution >= 0.6 is 23.2 Å². The van der Waals surface area contributed by atoms with E-state index >= 15 is 0 Å². The predicted molar refractivity (Wildman–Crippen MR) is 76.3 cm³/mol. The third-order valence-corrected chi connectivity index (χ3v) is 3.31. The fraction of sp³-hybridized carbons (Fsp3) is 0.143. The molecule has 2 aromatic rings. The Morgan fingerprint density at radius 3 is 2.48 bits per heavy atom. The van der Waals surface area contributed by atoms with E-state index in [0.29, 0.717) is 5.56 Å². The molecule has 21 heavy (non-hydrogen) atoms. The summed E-state index contributed by atoms with van der Waals surface area (Å²) in [6.45, 7) is 1.66. The smallest absolute Gasteiger partial charge is 0.346 e. The molecule has 1 aromatic heterocycles. The number of ether oxygens (including phenoxy) is 1. The van der Waals surface area contributed by atoms with Crippen LogP contribution in [0.1, 0.15) is 17.3 Å². The van der Waals surface area contributed by atoms with Crippen molar-refractivity contribution in [3.63, 3.8) is 0 Å². The van der Waals surface area contributed by atoms with Gasteiger partial charge in [0, 0.05) is 5.56 Å². The minimum atomic E-state index is -0.885. The molecule has 0 aliphatic carbocycles. The lowest BCUT2D eigenvalue weighted by Gasteiger charge is -2.09. The summed E-state index contributed by atoms with van der Waals surface area (Å²) in [7, 11) is 0. The molecule has 0 spiro atoms. The number of rotatable bonds is 3. The lowest BCUT2D eigenvalue weighted by Crippen LogP contribution is -2.19. The van der Waals surface area contributed by atoms with E-state index < -0.39 is 22.2 Å². The summed E-state index contributed by atoms with van der Waals surface area (Å²) < 4.78 is 23.0. The minimum absolute atomic E-state index is 0.0708. The molecule has 0 fully saturated rings. The van der Waals surface area contributed by atoms with Crippen molar-refractivity contribution in [2.45, 2.75) is 6.92 Å². The molecule has 0 saturated carbocycles. The van der Waals surface area contributed by atoms with Gasteiger partial charge in [0.25, 0.3) is 0 Å². The summed E-state index contributed by atoms with van der Waals surface area (Å²) in [6.07, 6.45) is 0. The molecular formula is C14H9Cl2FO4. The van der Waals surface area contributed by atoms with Crippen LogP contribution in [-0.2, 0) is 4.74 Å². The number of benzene rings is 1. The number of carbonyl (C=O) groups is 1. The van der Waals surface area contributed by atoms with Gasteiger partial charge < -0.3 is 9.15 Å². The summed E-state index contributed by atoms with van der Waals surface area (Å²) in [5, 5.41) is -0.764. The highest BCUT2D eigenvalue weighted by atomic mass is 35.5. The van der Waals surface area contributed by atoms with E-state index in [1.54, 1.807) is 6.92 Å². The van der Waals surface area contributed by atoms with Crippen LogP contribution in [0.15, 0.2) is 33.5 Å². The van der Waals surface area contributed by atoms with Gasteiger partial charge in [-0.2, -0.15) is 0 Å². The number of hydrogen-bond donors (Lipinski definition) is 0. The third-order valence-electron chi connectivity index (χ3n) is 2.60. The van der Waals surface area contributed by atoms with Gasteiger partial charge in [0.2, 0.25) is 10.6 Å². The van der Waals surface area contributed by atoms with Gasteiger partial charge in [-0.05, 0) is 42.8 Å². The fourth-order valence-corrected chi connectivity index (χ4v) is 1.98. The molecule has 0 N–H and O–H groups in total. The highest BCUT2D eigenvalue weighted by Gasteiger charge is 2.25. The molecule has 0 atom stereocenters. The Morgan fingerprint density at radius 1 is 1.29 bits per heavy atom. The first-order valence-electron chi connectivity index (χ1n) is 5.90. The molecule has 0 radical (unpaired) electrons. The summed E-state index contributed by atoms with van der Waals surface area (Å²) >= 11 is 11.4. The number of esters is 1. The van der Waals surface area contributed by atoms with Crippen LogP contribution in [0.3, 0.4) is 0 Å². The maximum absolute atomic E-state index is 13.0. The van der Waals surface area contributed by atoms with Crippen molar-refractivity contribution in [1.82, 2.24) is 0 Å². The Bertz CT molecular complexity index is 738. The Morgan fingerprint density at radius 2 is 1.90 bits per heavy atom. The van der Waals surface area contributed by atoms with Crippen LogP contribution in [0, 0.1) is 5.82 Å². The number of halogens is 3. The SMILES string of the molecule is CCOC(=O)c1c(-c2ccc(F)cc2)oc(Cl)c(Cl)c1=O. The number of hydrogen-bond acceptors (Lipinski definition) is 4. The average molecular weight is 331 g/mol. The van der Waals surface area contributed by atoms with Gasteiger partial charge in [0.1, 0.15) is 10.8 Å². The van der Waals surface area contributed by atoms with Crippen LogP contribution in [0.2, 0.25) is 10.2 Å². The number of carbonyl (C=O) groups excluding carboxylic acids is 1. The second-order valence-electron chi connectivity index (χ2n) is 3.95. The maximum Gasteiger partial charge on any atom is 0.346 e. The van der Waals surface area contributed by atoms with E-state index in [2.05, 4.69) is 0 Å². The quantitative estimate of drug-likeness (QED) is 0.800. The average Bonchev–Trinajstić information content (AvgIpc) is 2.45. The van der Waals surface area contributed by atoms with E-state index in [0.717, 1.165) is 12.1 Å². The minimum Gasteiger partial charge on any atom is -0.462 e. The Balaban J connectivity index is 2.72. The topological polar surface area (TPSA) is 56.5 Å². The molecule has 0 unspecified atom stereocenters. The van der Waals surface area contributed by atoms with Gasteiger partial charge in [-0.3, -0.25) is 4.79 Å². The second-order valence-corrected chi connectivity index (χ2v) is 4.67. The zero-order valence-corrected chi connectivity index (χ0v) is 12.3. The first-order valence-corrected chi connectivity index (χ1v) is 6.66. The molecule has 1 heterocycles. The molecule has 0 aliphatic rings. The molecule has 4 nitrogen and oxygen atoms in total. The predicted octanol–water partition coefficient (Wildman–Crippen LogP) is 3.93. The highest BCUT2D eigenvalue weighted by molar-refractivity contribution is 6.41. The van der Waals surface area contributed by atoms with E-state index in [1.807, 2.05) is 0 Å². The van der Waals surface area contributed by atoms with Gasteiger partial charge in [0.05, 0.1) is 6.61 Å². The van der Waals surface area contributed by atoms with Crippen LogP contribution in [0.25, 0.3) is 11.3 Å². The normalized spacial score (nSPS) is 10.5. The first-order chi connectivity index (χ1) is 9.95. The Hall–Kier alpha value is -1.85. The first kappa shape index (κ1) is 15.5. The summed E-state index contributed by atoms with van der Waals surface area (Å²) in [4.78, 5) is 24.0. The van der Waals surface area contributed by atoms with Crippen LogP contribution < -0.4 is 5.43 Å². The van der Waals surface area contributed by atoms with Gasteiger partial charge in [-0.1, -0.05) is 11.6 Å². The van der Waals surface area contributed by atoms with Gasteiger partial charge in [0.15, 0.2) is 11.3 Å². The zero-order valence-electron chi connectivity index (χ0n) is 10.8. The molecule has 0 saturated heterocycles. The molecule has 1 aromatic carbocycles. The fourth-order valence-electron chi connectivity index (χ4n) is 1.68. The standard InChI is InChI=1S/C14H9Cl2FO4/c1-2-20-14(19)9-11(18)10(15)13(16)21-12(9)7-3-5-8(17)6-4-7/h3-6H,2H2,1H3. The van der Waals surface area contributed by atoms with E-state index in [9.17, 15) is 14.0 Å². The molecule has 0 amide bonds. The second kappa shape index (κ2) is 6.28. The molecule has 7 heteroatoms. The van der Waals surface area contributed by atoms with Crippen LogP contribution in [0.4, 0.5) is 4.39 Å². The third kappa shape index (κ3) is 3.09. The maximum atomic E-state index is 13.0. The lowest BCUT2D eigenvalue weighted by molar-refractivity contribution is 0.0523. The molecule has 110 valence electrons. The molecule has 0 aliphatic heterocycles. The van der Waals surface area contributed by atoms with Crippen LogP contribution in [-0.4, -0.2) is 12.6 Å². The monoisotopic (exact) mass is 330 g/mol. The van der Waals surface area contributed by atoms with Crippen LogP contribution in [0.5, 0.6) is 0 Å². The highest BCUT2D eigenvalue weighted by Crippen LogP contribution is 2.29. The lowest BCUT2D eigenvalue weighted by atomic mass is 10.1. The Labute approximate surface area is 129 Å². The summed E-state index contributed by atoms with van der Waals surface area (Å²) in [6, 6.07) is 5.01. The Kier molecular flexibility index (Phi) is 4.65. The van der Waals surface area contributed by atoms with Crippen molar-refractivity contribution in [2.75, 3.05) is 6.61 Å². The van der Waals surface area contributed by atoms with E-state index in [-0.39, 0.29) is 23.2 Å².